The minimum Gasteiger partial charge on any atom is -0.489 e. The van der Waals surface area contributed by atoms with Crippen LogP contribution in [0, 0.1) is 13.8 Å². The molecule has 3 rings (SSSR count). The van der Waals surface area contributed by atoms with Crippen LogP contribution in [-0.4, -0.2) is 6.04 Å². The molecule has 1 fully saturated rings. The maximum Gasteiger partial charge on any atom is 0.120 e. The predicted molar refractivity (Wildman–Crippen MR) is 86.6 cm³/mol. The van der Waals surface area contributed by atoms with E-state index in [0.717, 1.165) is 18.3 Å². The monoisotopic (exact) mass is 281 g/mol. The van der Waals surface area contributed by atoms with Gasteiger partial charge in [0.05, 0.1) is 0 Å². The summed E-state index contributed by atoms with van der Waals surface area (Å²) in [6.07, 6.45) is 2.66. The molecule has 1 aliphatic carbocycles. The van der Waals surface area contributed by atoms with Crippen molar-refractivity contribution in [2.45, 2.75) is 45.9 Å². The third-order valence-electron chi connectivity index (χ3n) is 3.76. The smallest absolute Gasteiger partial charge is 0.120 e. The van der Waals surface area contributed by atoms with Crippen LogP contribution in [0.5, 0.6) is 5.75 Å². The normalized spacial score (nSPS) is 14.2. The van der Waals surface area contributed by atoms with Gasteiger partial charge in [-0.25, -0.2) is 0 Å². The van der Waals surface area contributed by atoms with E-state index in [1.807, 2.05) is 0 Å². The van der Waals surface area contributed by atoms with E-state index in [1.165, 1.54) is 35.1 Å². The Bertz CT molecular complexity index is 596. The van der Waals surface area contributed by atoms with Crippen LogP contribution in [-0.2, 0) is 13.2 Å². The molecular weight excluding hydrogens is 258 g/mol. The fourth-order valence-corrected chi connectivity index (χ4v) is 2.56. The van der Waals surface area contributed by atoms with Gasteiger partial charge in [-0.2, -0.15) is 0 Å². The summed E-state index contributed by atoms with van der Waals surface area (Å²) in [4.78, 5) is 0. The average Bonchev–Trinajstić information content (AvgIpc) is 3.27. The molecule has 1 N–H and O–H groups in total. The number of ether oxygens (including phenoxy) is 1. The first-order chi connectivity index (χ1) is 10.2. The summed E-state index contributed by atoms with van der Waals surface area (Å²) >= 11 is 0. The van der Waals surface area contributed by atoms with Crippen LogP contribution in [0.4, 0.5) is 0 Å². The molecule has 2 nitrogen and oxygen atoms in total. The lowest BCUT2D eigenvalue weighted by Gasteiger charge is -2.10. The van der Waals surface area contributed by atoms with E-state index in [1.54, 1.807) is 0 Å². The van der Waals surface area contributed by atoms with Crippen LogP contribution in [0.1, 0.15) is 35.1 Å². The van der Waals surface area contributed by atoms with Gasteiger partial charge in [-0.05, 0) is 61.1 Å². The molecule has 21 heavy (non-hydrogen) atoms. The van der Waals surface area contributed by atoms with Gasteiger partial charge in [0.25, 0.3) is 0 Å². The topological polar surface area (TPSA) is 21.3 Å². The van der Waals surface area contributed by atoms with E-state index >= 15 is 0 Å². The first-order valence-corrected chi connectivity index (χ1v) is 7.71. The van der Waals surface area contributed by atoms with E-state index in [-0.39, 0.29) is 0 Å². The summed E-state index contributed by atoms with van der Waals surface area (Å²) in [5.41, 5.74) is 5.05. The minimum absolute atomic E-state index is 0.625. The van der Waals surface area contributed by atoms with Gasteiger partial charge in [0.15, 0.2) is 0 Å². The molecule has 0 unspecified atom stereocenters. The zero-order valence-electron chi connectivity index (χ0n) is 12.9. The highest BCUT2D eigenvalue weighted by Crippen LogP contribution is 2.20. The molecule has 1 aliphatic rings. The van der Waals surface area contributed by atoms with E-state index < -0.39 is 0 Å². The Labute approximate surface area is 127 Å². The zero-order valence-corrected chi connectivity index (χ0v) is 12.9. The average molecular weight is 281 g/mol. The first-order valence-electron chi connectivity index (χ1n) is 7.71. The SMILES string of the molecule is Cc1cc(C)cc(OCc2cccc(CNC3CC3)c2)c1. The van der Waals surface area contributed by atoms with Crippen molar-refractivity contribution < 1.29 is 4.74 Å². The molecule has 0 aliphatic heterocycles. The molecule has 0 amide bonds. The summed E-state index contributed by atoms with van der Waals surface area (Å²) in [6.45, 7) is 5.79. The lowest BCUT2D eigenvalue weighted by molar-refractivity contribution is 0.305. The fraction of sp³-hybridized carbons (Fsp3) is 0.368. The molecule has 0 bridgehead atoms. The van der Waals surface area contributed by atoms with Gasteiger partial charge in [-0.3, -0.25) is 0 Å². The van der Waals surface area contributed by atoms with Gasteiger partial charge >= 0.3 is 0 Å². The molecule has 1 saturated carbocycles. The highest BCUT2D eigenvalue weighted by Gasteiger charge is 2.19. The first kappa shape index (κ1) is 14.2. The van der Waals surface area contributed by atoms with Gasteiger partial charge in [-0.15, -0.1) is 0 Å². The third kappa shape index (κ3) is 4.33. The predicted octanol–water partition coefficient (Wildman–Crippen LogP) is 4.13. The highest BCUT2D eigenvalue weighted by molar-refractivity contribution is 5.33. The third-order valence-corrected chi connectivity index (χ3v) is 3.76. The van der Waals surface area contributed by atoms with E-state index in [4.69, 9.17) is 4.74 Å². The zero-order chi connectivity index (χ0) is 14.7. The van der Waals surface area contributed by atoms with Crippen LogP contribution >= 0.6 is 0 Å². The summed E-state index contributed by atoms with van der Waals surface area (Å²) in [6, 6.07) is 15.7. The lowest BCUT2D eigenvalue weighted by atomic mass is 10.1. The van der Waals surface area contributed by atoms with Crippen molar-refractivity contribution in [3.63, 3.8) is 0 Å². The minimum atomic E-state index is 0.625. The van der Waals surface area contributed by atoms with Crippen LogP contribution in [0.3, 0.4) is 0 Å². The molecular formula is C19H23NO. The largest absolute Gasteiger partial charge is 0.489 e. The molecule has 0 radical (unpaired) electrons. The number of rotatable bonds is 6. The van der Waals surface area contributed by atoms with Gasteiger partial charge in [0.2, 0.25) is 0 Å². The van der Waals surface area contributed by atoms with Crippen molar-refractivity contribution in [3.8, 4) is 5.75 Å². The number of hydrogen-bond acceptors (Lipinski definition) is 2. The molecule has 0 atom stereocenters. The Hall–Kier alpha value is -1.80. The number of aryl methyl sites for hydroxylation is 2. The van der Waals surface area contributed by atoms with E-state index in [9.17, 15) is 0 Å². The summed E-state index contributed by atoms with van der Waals surface area (Å²) in [5.74, 6) is 0.953. The molecule has 0 saturated heterocycles. The van der Waals surface area contributed by atoms with E-state index in [2.05, 4.69) is 61.6 Å². The molecule has 2 heteroatoms. The second-order valence-electron chi connectivity index (χ2n) is 6.09. The van der Waals surface area contributed by atoms with Gasteiger partial charge in [0.1, 0.15) is 12.4 Å². The lowest BCUT2D eigenvalue weighted by Crippen LogP contribution is -2.15. The molecule has 0 spiro atoms. The Morgan fingerprint density at radius 3 is 2.43 bits per heavy atom. The Balaban J connectivity index is 1.59. The van der Waals surface area contributed by atoms with Crippen LogP contribution in [0.25, 0.3) is 0 Å². The summed E-state index contributed by atoms with van der Waals surface area (Å²) < 4.78 is 5.93. The van der Waals surface area contributed by atoms with Crippen LogP contribution < -0.4 is 10.1 Å². The molecule has 2 aromatic carbocycles. The van der Waals surface area contributed by atoms with Gasteiger partial charge < -0.3 is 10.1 Å². The summed E-state index contributed by atoms with van der Waals surface area (Å²) in [5, 5.41) is 3.55. The van der Waals surface area contributed by atoms with Crippen LogP contribution in [0.15, 0.2) is 42.5 Å². The molecule has 2 aromatic rings. The Morgan fingerprint density at radius 1 is 1.00 bits per heavy atom. The standard InChI is InChI=1S/C19H23NO/c1-14-8-15(2)10-19(9-14)21-13-17-5-3-4-16(11-17)12-20-18-6-7-18/h3-5,8-11,18,20H,6-7,12-13H2,1-2H3. The fourth-order valence-electron chi connectivity index (χ4n) is 2.56. The van der Waals surface area contributed by atoms with Crippen molar-refractivity contribution in [3.05, 3.63) is 64.7 Å². The van der Waals surface area contributed by atoms with E-state index in [0.29, 0.717) is 6.61 Å². The molecule has 0 aromatic heterocycles. The highest BCUT2D eigenvalue weighted by atomic mass is 16.5. The number of nitrogens with one attached hydrogen (secondary N) is 1. The van der Waals surface area contributed by atoms with Crippen molar-refractivity contribution in [2.75, 3.05) is 0 Å². The molecule has 110 valence electrons. The van der Waals surface area contributed by atoms with Gasteiger partial charge in [-0.1, -0.05) is 30.3 Å². The van der Waals surface area contributed by atoms with Crippen molar-refractivity contribution in [1.82, 2.24) is 5.32 Å². The van der Waals surface area contributed by atoms with Crippen molar-refractivity contribution in [2.24, 2.45) is 0 Å². The van der Waals surface area contributed by atoms with Gasteiger partial charge in [0, 0.05) is 12.6 Å². The second-order valence-corrected chi connectivity index (χ2v) is 6.09. The second kappa shape index (κ2) is 6.31. The van der Waals surface area contributed by atoms with Crippen LogP contribution in [0.2, 0.25) is 0 Å². The van der Waals surface area contributed by atoms with Crippen molar-refractivity contribution in [1.29, 1.82) is 0 Å². The summed E-state index contributed by atoms with van der Waals surface area (Å²) in [7, 11) is 0. The Kier molecular flexibility index (Phi) is 4.26. The number of benzene rings is 2. The maximum absolute atomic E-state index is 5.93. The molecule has 0 heterocycles. The Morgan fingerprint density at radius 2 is 1.71 bits per heavy atom. The number of hydrogen-bond donors (Lipinski definition) is 1. The maximum atomic E-state index is 5.93. The quantitative estimate of drug-likeness (QED) is 0.859. The van der Waals surface area contributed by atoms with Crippen molar-refractivity contribution >= 4 is 0 Å².